The molecular formula is C26H23N9O4S. The third-order valence-corrected chi connectivity index (χ3v) is 8.05. The first-order chi connectivity index (χ1) is 19.1. The van der Waals surface area contributed by atoms with Gasteiger partial charge < -0.3 is 10.3 Å². The van der Waals surface area contributed by atoms with Gasteiger partial charge in [-0.15, -0.1) is 11.3 Å². The van der Waals surface area contributed by atoms with E-state index < -0.39 is 11.8 Å². The van der Waals surface area contributed by atoms with Crippen molar-refractivity contribution in [2.24, 2.45) is 12.8 Å². The number of primary amides is 1. The molecule has 0 bridgehead atoms. The fraction of sp³-hybridized carbons (Fsp3) is 0.231. The molecular weight excluding hydrogens is 534 g/mol. The fourth-order valence-electron chi connectivity index (χ4n) is 4.95. The summed E-state index contributed by atoms with van der Waals surface area (Å²) in [5.74, 6) is -1.54. The monoisotopic (exact) mass is 557 g/mol. The summed E-state index contributed by atoms with van der Waals surface area (Å²) in [6.45, 7) is 3.02. The van der Waals surface area contributed by atoms with E-state index in [-0.39, 0.29) is 30.3 Å². The van der Waals surface area contributed by atoms with Crippen LogP contribution in [0.3, 0.4) is 0 Å². The Bertz CT molecular complexity index is 2060. The van der Waals surface area contributed by atoms with Crippen LogP contribution in [-0.4, -0.2) is 56.6 Å². The van der Waals surface area contributed by atoms with Gasteiger partial charge in [0.25, 0.3) is 5.56 Å². The number of carbonyl (C=O) groups is 3. The minimum atomic E-state index is -0.546. The molecule has 0 saturated carbocycles. The zero-order chi connectivity index (χ0) is 28.3. The number of hydrogen-bond donors (Lipinski definition) is 1. The van der Waals surface area contributed by atoms with Gasteiger partial charge in [-0.3, -0.25) is 19.2 Å². The molecule has 6 rings (SSSR count). The SMILES string of the molecule is CC(=O)n1ccc(C(CC(N)=O)c2nc3c(s2)c2cnn(Cc4cccc5c4cnn5C(C)=O)c(=O)c2n3C)n1. The lowest BCUT2D eigenvalue weighted by Crippen LogP contribution is -2.24. The number of nitrogens with two attached hydrogens (primary N) is 1. The summed E-state index contributed by atoms with van der Waals surface area (Å²) in [5, 5.41) is 14.9. The molecule has 1 unspecified atom stereocenters. The molecule has 202 valence electrons. The number of carbonyl (C=O) groups excluding carboxylic acids is 3. The lowest BCUT2D eigenvalue weighted by molar-refractivity contribution is -0.118. The molecule has 1 amide bonds. The highest BCUT2D eigenvalue weighted by molar-refractivity contribution is 7.19. The molecule has 14 heteroatoms. The van der Waals surface area contributed by atoms with Crippen LogP contribution in [0.2, 0.25) is 0 Å². The summed E-state index contributed by atoms with van der Waals surface area (Å²) in [6, 6.07) is 7.15. The van der Waals surface area contributed by atoms with E-state index >= 15 is 0 Å². The number of amides is 1. The maximum atomic E-state index is 13.6. The number of thiazole rings is 1. The lowest BCUT2D eigenvalue weighted by Gasteiger charge is -2.10. The minimum Gasteiger partial charge on any atom is -0.370 e. The molecule has 2 N–H and O–H groups in total. The smallest absolute Gasteiger partial charge is 0.291 e. The number of benzene rings is 1. The number of aromatic nitrogens is 8. The Morgan fingerprint density at radius 1 is 1.05 bits per heavy atom. The Hall–Kier alpha value is -4.98. The maximum absolute atomic E-state index is 13.6. The van der Waals surface area contributed by atoms with E-state index in [1.54, 1.807) is 36.1 Å². The fourth-order valence-corrected chi connectivity index (χ4v) is 6.17. The first kappa shape index (κ1) is 25.3. The molecule has 1 aromatic carbocycles. The zero-order valence-electron chi connectivity index (χ0n) is 21.7. The Labute approximate surface area is 229 Å². The van der Waals surface area contributed by atoms with E-state index in [1.165, 1.54) is 45.4 Å². The van der Waals surface area contributed by atoms with Crippen LogP contribution in [0.15, 0.2) is 47.7 Å². The lowest BCUT2D eigenvalue weighted by atomic mass is 10.0. The molecule has 6 aromatic rings. The second kappa shape index (κ2) is 9.34. The van der Waals surface area contributed by atoms with Crippen molar-refractivity contribution in [1.82, 2.24) is 38.9 Å². The highest BCUT2D eigenvalue weighted by Gasteiger charge is 2.27. The summed E-state index contributed by atoms with van der Waals surface area (Å²) in [7, 11) is 1.76. The molecule has 0 spiro atoms. The van der Waals surface area contributed by atoms with Gasteiger partial charge >= 0.3 is 0 Å². The summed E-state index contributed by atoms with van der Waals surface area (Å²) >= 11 is 1.33. The van der Waals surface area contributed by atoms with Crippen LogP contribution >= 0.6 is 11.3 Å². The van der Waals surface area contributed by atoms with Crippen molar-refractivity contribution in [2.45, 2.75) is 32.7 Å². The predicted molar refractivity (Wildman–Crippen MR) is 147 cm³/mol. The average Bonchev–Trinajstić information content (AvgIpc) is 3.69. The van der Waals surface area contributed by atoms with Gasteiger partial charge in [0, 0.05) is 44.3 Å². The third kappa shape index (κ3) is 4.00. The Kier molecular flexibility index (Phi) is 5.91. The minimum absolute atomic E-state index is 0.0382. The first-order valence-corrected chi connectivity index (χ1v) is 13.1. The maximum Gasteiger partial charge on any atom is 0.291 e. The first-order valence-electron chi connectivity index (χ1n) is 12.3. The van der Waals surface area contributed by atoms with Crippen molar-refractivity contribution in [3.63, 3.8) is 0 Å². The van der Waals surface area contributed by atoms with Crippen molar-refractivity contribution in [2.75, 3.05) is 0 Å². The highest BCUT2D eigenvalue weighted by Crippen LogP contribution is 2.37. The number of nitrogens with zero attached hydrogens (tertiary/aromatic N) is 8. The van der Waals surface area contributed by atoms with Crippen molar-refractivity contribution < 1.29 is 14.4 Å². The molecule has 0 fully saturated rings. The molecule has 0 aliphatic rings. The summed E-state index contributed by atoms with van der Waals surface area (Å²) in [6.07, 6.45) is 4.74. The highest BCUT2D eigenvalue weighted by atomic mass is 32.1. The Morgan fingerprint density at radius 3 is 2.52 bits per heavy atom. The topological polar surface area (TPSA) is 166 Å². The zero-order valence-corrected chi connectivity index (χ0v) is 22.5. The summed E-state index contributed by atoms with van der Waals surface area (Å²) < 4.78 is 6.35. The van der Waals surface area contributed by atoms with E-state index in [0.717, 1.165) is 15.6 Å². The van der Waals surface area contributed by atoms with Gasteiger partial charge in [-0.1, -0.05) is 12.1 Å². The molecule has 5 heterocycles. The average molecular weight is 558 g/mol. The molecule has 0 saturated heterocycles. The van der Waals surface area contributed by atoms with Gasteiger partial charge in [0.1, 0.15) is 10.5 Å². The molecule has 0 aliphatic carbocycles. The largest absolute Gasteiger partial charge is 0.370 e. The van der Waals surface area contributed by atoms with Crippen LogP contribution < -0.4 is 11.3 Å². The van der Waals surface area contributed by atoms with Gasteiger partial charge in [0.15, 0.2) is 5.65 Å². The molecule has 13 nitrogen and oxygen atoms in total. The second-order valence-electron chi connectivity index (χ2n) is 9.49. The van der Waals surface area contributed by atoms with Crippen molar-refractivity contribution in [3.05, 3.63) is 69.5 Å². The van der Waals surface area contributed by atoms with Crippen molar-refractivity contribution in [1.29, 1.82) is 0 Å². The molecule has 1 atom stereocenters. The second-order valence-corrected chi connectivity index (χ2v) is 10.5. The predicted octanol–water partition coefficient (Wildman–Crippen LogP) is 2.27. The Balaban J connectivity index is 1.42. The number of fused-ring (bicyclic) bond motifs is 4. The van der Waals surface area contributed by atoms with Crippen LogP contribution in [0.1, 0.15) is 52.0 Å². The molecule has 0 radical (unpaired) electrons. The van der Waals surface area contributed by atoms with Gasteiger partial charge in [0.2, 0.25) is 17.7 Å². The van der Waals surface area contributed by atoms with Crippen LogP contribution in [-0.2, 0) is 18.4 Å². The van der Waals surface area contributed by atoms with Crippen LogP contribution in [0, 0.1) is 0 Å². The quantitative estimate of drug-likeness (QED) is 0.326. The number of aryl methyl sites for hydroxylation is 1. The number of hydrogen-bond acceptors (Lipinski definition) is 9. The van der Waals surface area contributed by atoms with Gasteiger partial charge in [0.05, 0.1) is 40.8 Å². The molecule has 5 aromatic heterocycles. The van der Waals surface area contributed by atoms with Crippen LogP contribution in [0.5, 0.6) is 0 Å². The van der Waals surface area contributed by atoms with E-state index in [2.05, 4.69) is 15.3 Å². The molecule has 40 heavy (non-hydrogen) atoms. The number of rotatable bonds is 6. The van der Waals surface area contributed by atoms with Crippen molar-refractivity contribution in [3.8, 4) is 0 Å². The van der Waals surface area contributed by atoms with E-state index in [4.69, 9.17) is 10.7 Å². The summed E-state index contributed by atoms with van der Waals surface area (Å²) in [5.41, 5.74) is 8.20. The summed E-state index contributed by atoms with van der Waals surface area (Å²) in [4.78, 5) is 53.9. The van der Waals surface area contributed by atoms with Gasteiger partial charge in [-0.05, 0) is 17.7 Å². The van der Waals surface area contributed by atoms with Crippen LogP contribution in [0.4, 0.5) is 0 Å². The third-order valence-electron chi connectivity index (χ3n) is 6.86. The Morgan fingerprint density at radius 2 is 1.82 bits per heavy atom. The van der Waals surface area contributed by atoms with Crippen molar-refractivity contribution >= 4 is 61.2 Å². The van der Waals surface area contributed by atoms with Gasteiger partial charge in [-0.25, -0.2) is 19.0 Å². The normalized spacial score (nSPS) is 12.5. The standard InChI is InChI=1S/C26H23N9O4S/c1-13(36)33-8-7-19(31-33)16(9-21(27)38)25-30-24-23(40-25)18-11-28-34(26(39)22(18)32(24)3)12-15-5-4-6-20-17(15)10-29-35(20)14(2)37/h4-8,10-11,16H,9,12H2,1-3H3,(H2,27,38). The molecule has 0 aliphatic heterocycles. The van der Waals surface area contributed by atoms with Gasteiger partial charge in [-0.2, -0.15) is 15.3 Å². The van der Waals surface area contributed by atoms with E-state index in [9.17, 15) is 19.2 Å². The van der Waals surface area contributed by atoms with E-state index in [1.807, 2.05) is 12.1 Å². The van der Waals surface area contributed by atoms with Crippen LogP contribution in [0.25, 0.3) is 32.2 Å². The van der Waals surface area contributed by atoms with E-state index in [0.29, 0.717) is 32.8 Å².